The second kappa shape index (κ2) is 4.62. The van der Waals surface area contributed by atoms with E-state index in [1.165, 1.54) is 6.42 Å². The Morgan fingerprint density at radius 3 is 2.56 bits per heavy atom. The number of esters is 1. The third kappa shape index (κ3) is 1.70. The van der Waals surface area contributed by atoms with Gasteiger partial charge >= 0.3 is 5.97 Å². The number of rotatable bonds is 2. The molecule has 5 rings (SSSR count). The van der Waals surface area contributed by atoms with Gasteiger partial charge in [0.1, 0.15) is 17.3 Å². The molecule has 0 aromatic heterocycles. The molecule has 0 amide bonds. The molecule has 5 fully saturated rings. The van der Waals surface area contributed by atoms with E-state index in [4.69, 9.17) is 14.2 Å². The largest absolute Gasteiger partial charge is 0.469 e. The van der Waals surface area contributed by atoms with Crippen LogP contribution in [0.15, 0.2) is 0 Å². The number of carbonyl (C=O) groups excluding carboxylic acids is 1. The highest BCUT2D eigenvalue weighted by Gasteiger charge is 2.85. The first-order valence-electron chi connectivity index (χ1n) is 10.2. The minimum absolute atomic E-state index is 0.0114. The first-order chi connectivity index (χ1) is 11.8. The monoisotopic (exact) mass is 348 g/mol. The number of hydrogen-bond acceptors (Lipinski definition) is 4. The molecule has 4 heteroatoms. The van der Waals surface area contributed by atoms with Crippen LogP contribution in [0.5, 0.6) is 0 Å². The van der Waals surface area contributed by atoms with E-state index < -0.39 is 0 Å². The third-order valence-corrected chi connectivity index (χ3v) is 9.12. The van der Waals surface area contributed by atoms with Gasteiger partial charge in [0, 0.05) is 0 Å². The van der Waals surface area contributed by atoms with E-state index in [2.05, 4.69) is 27.7 Å². The maximum Gasteiger partial charge on any atom is 0.311 e. The normalized spacial score (nSPS) is 58.5. The van der Waals surface area contributed by atoms with Gasteiger partial charge in [-0.3, -0.25) is 4.79 Å². The summed E-state index contributed by atoms with van der Waals surface area (Å²) >= 11 is 0. The SMILES string of the molecule is COC(=O)[C@]1(C)CCC[C@@]2(C)[C@H]3C[C@@H]4O[C@@]4(C(C)C)[C@H]4O[C@@]34CC[C@H]21. The second-order valence-electron chi connectivity index (χ2n) is 10.2. The van der Waals surface area contributed by atoms with Gasteiger partial charge in [0.05, 0.1) is 18.6 Å². The molecule has 2 aliphatic heterocycles. The zero-order valence-corrected chi connectivity index (χ0v) is 16.3. The van der Waals surface area contributed by atoms with Crippen molar-refractivity contribution >= 4 is 5.97 Å². The fourth-order valence-electron chi connectivity index (χ4n) is 7.84. The van der Waals surface area contributed by atoms with Gasteiger partial charge < -0.3 is 14.2 Å². The van der Waals surface area contributed by atoms with E-state index >= 15 is 0 Å². The molecule has 0 aromatic carbocycles. The zero-order chi connectivity index (χ0) is 17.8. The molecular weight excluding hydrogens is 316 g/mol. The van der Waals surface area contributed by atoms with E-state index in [1.807, 2.05) is 0 Å². The van der Waals surface area contributed by atoms with Crippen LogP contribution in [0, 0.1) is 28.6 Å². The Morgan fingerprint density at radius 1 is 1.12 bits per heavy atom. The van der Waals surface area contributed by atoms with Crippen molar-refractivity contribution in [2.24, 2.45) is 28.6 Å². The molecular formula is C21H32O4. The predicted molar refractivity (Wildman–Crippen MR) is 93.0 cm³/mol. The summed E-state index contributed by atoms with van der Waals surface area (Å²) in [7, 11) is 1.54. The van der Waals surface area contributed by atoms with Crippen molar-refractivity contribution in [3.8, 4) is 0 Å². The highest BCUT2D eigenvalue weighted by Crippen LogP contribution is 2.76. The van der Waals surface area contributed by atoms with Crippen molar-refractivity contribution in [1.29, 1.82) is 0 Å². The maximum absolute atomic E-state index is 12.7. The fourth-order valence-corrected chi connectivity index (χ4v) is 7.84. The van der Waals surface area contributed by atoms with Crippen LogP contribution in [0.3, 0.4) is 0 Å². The van der Waals surface area contributed by atoms with Crippen molar-refractivity contribution in [2.45, 2.75) is 89.6 Å². The lowest BCUT2D eigenvalue weighted by atomic mass is 9.43. The quantitative estimate of drug-likeness (QED) is 0.564. The van der Waals surface area contributed by atoms with Crippen LogP contribution in [0.1, 0.15) is 66.2 Å². The summed E-state index contributed by atoms with van der Waals surface area (Å²) in [5, 5.41) is 0. The number of methoxy groups -OCH3 is 1. The van der Waals surface area contributed by atoms with Crippen LogP contribution in [-0.4, -0.2) is 36.5 Å². The molecule has 0 radical (unpaired) electrons. The Morgan fingerprint density at radius 2 is 1.88 bits per heavy atom. The smallest absolute Gasteiger partial charge is 0.311 e. The molecule has 5 aliphatic rings. The molecule has 0 unspecified atom stereocenters. The zero-order valence-electron chi connectivity index (χ0n) is 16.3. The van der Waals surface area contributed by atoms with Crippen LogP contribution >= 0.6 is 0 Å². The predicted octanol–water partition coefficient (Wildman–Crippen LogP) is 3.72. The van der Waals surface area contributed by atoms with Gasteiger partial charge in [-0.1, -0.05) is 27.2 Å². The summed E-state index contributed by atoms with van der Waals surface area (Å²) in [6, 6.07) is 0. The molecule has 3 saturated carbocycles. The summed E-state index contributed by atoms with van der Waals surface area (Å²) in [4.78, 5) is 12.7. The summed E-state index contributed by atoms with van der Waals surface area (Å²) in [5.74, 6) is 1.42. The molecule has 140 valence electrons. The van der Waals surface area contributed by atoms with Crippen LogP contribution in [0.25, 0.3) is 0 Å². The summed E-state index contributed by atoms with van der Waals surface area (Å²) in [6.07, 6.45) is 7.19. The lowest BCUT2D eigenvalue weighted by Crippen LogP contribution is -2.60. The lowest BCUT2D eigenvalue weighted by molar-refractivity contribution is -0.175. The van der Waals surface area contributed by atoms with Crippen LogP contribution in [0.4, 0.5) is 0 Å². The van der Waals surface area contributed by atoms with Gasteiger partial charge in [-0.15, -0.1) is 0 Å². The van der Waals surface area contributed by atoms with Gasteiger partial charge in [-0.05, 0) is 62.2 Å². The van der Waals surface area contributed by atoms with Crippen LogP contribution in [-0.2, 0) is 19.0 Å². The highest BCUT2D eigenvalue weighted by atomic mass is 16.7. The summed E-state index contributed by atoms with van der Waals surface area (Å²) in [5.41, 5.74) is -0.176. The molecule has 1 spiro atoms. The van der Waals surface area contributed by atoms with Crippen molar-refractivity contribution in [1.82, 2.24) is 0 Å². The Bertz CT molecular complexity index is 631. The van der Waals surface area contributed by atoms with E-state index in [1.54, 1.807) is 7.11 Å². The average molecular weight is 348 g/mol. The average Bonchev–Trinajstić information content (AvgIpc) is 3.44. The second-order valence-corrected chi connectivity index (χ2v) is 10.2. The Kier molecular flexibility index (Phi) is 3.06. The maximum atomic E-state index is 12.7. The van der Waals surface area contributed by atoms with Gasteiger partial charge in [-0.25, -0.2) is 0 Å². The molecule has 2 saturated heterocycles. The number of epoxide rings is 2. The topological polar surface area (TPSA) is 51.4 Å². The molecule has 0 N–H and O–H groups in total. The molecule has 4 nitrogen and oxygen atoms in total. The number of fused-ring (bicyclic) bond motifs is 4. The van der Waals surface area contributed by atoms with Crippen molar-refractivity contribution in [3.63, 3.8) is 0 Å². The van der Waals surface area contributed by atoms with Crippen molar-refractivity contribution in [2.75, 3.05) is 7.11 Å². The highest BCUT2D eigenvalue weighted by molar-refractivity contribution is 5.77. The van der Waals surface area contributed by atoms with E-state index in [0.717, 1.165) is 32.1 Å². The number of carbonyl (C=O) groups is 1. The van der Waals surface area contributed by atoms with Crippen molar-refractivity contribution < 1.29 is 19.0 Å². The number of ether oxygens (including phenoxy) is 3. The fraction of sp³-hybridized carbons (Fsp3) is 0.952. The van der Waals surface area contributed by atoms with Gasteiger partial charge in [-0.2, -0.15) is 0 Å². The molecule has 8 atom stereocenters. The minimum atomic E-state index is -0.343. The third-order valence-electron chi connectivity index (χ3n) is 9.12. The standard InChI is InChI=1S/C21H32O4/c1-12(2)21-15(24-21)11-14-18(3)8-6-9-19(4,17(22)23-5)13(18)7-10-20(14)16(21)25-20/h12-16H,6-11H2,1-5H3/t13-,14-,15+,16+,18-,19-,20+,21-/m1/s1. The van der Waals surface area contributed by atoms with Gasteiger partial charge in [0.25, 0.3) is 0 Å². The summed E-state index contributed by atoms with van der Waals surface area (Å²) < 4.78 is 18.1. The van der Waals surface area contributed by atoms with E-state index in [-0.39, 0.29) is 34.1 Å². The first kappa shape index (κ1) is 16.6. The minimum Gasteiger partial charge on any atom is -0.469 e. The van der Waals surface area contributed by atoms with Crippen LogP contribution < -0.4 is 0 Å². The molecule has 3 aliphatic carbocycles. The summed E-state index contributed by atoms with van der Waals surface area (Å²) in [6.45, 7) is 9.14. The first-order valence-corrected chi connectivity index (χ1v) is 10.2. The van der Waals surface area contributed by atoms with Gasteiger partial charge in [0.15, 0.2) is 0 Å². The Hall–Kier alpha value is -0.610. The van der Waals surface area contributed by atoms with Crippen LogP contribution in [0.2, 0.25) is 0 Å². The molecule has 2 heterocycles. The lowest BCUT2D eigenvalue weighted by Gasteiger charge is -2.59. The van der Waals surface area contributed by atoms with E-state index in [0.29, 0.717) is 23.9 Å². The Balaban J connectivity index is 1.51. The van der Waals surface area contributed by atoms with E-state index in [9.17, 15) is 4.79 Å². The van der Waals surface area contributed by atoms with Gasteiger partial charge in [0.2, 0.25) is 0 Å². The molecule has 0 bridgehead atoms. The Labute approximate surface area is 151 Å². The number of hydrogen-bond donors (Lipinski definition) is 0. The van der Waals surface area contributed by atoms with Crippen molar-refractivity contribution in [3.05, 3.63) is 0 Å². The molecule has 0 aromatic rings. The molecule has 25 heavy (non-hydrogen) atoms.